The molecule has 0 saturated carbocycles. The molecule has 1 N–H and O–H groups in total. The van der Waals surface area contributed by atoms with Gasteiger partial charge < -0.3 is 14.6 Å². The fourth-order valence-electron chi connectivity index (χ4n) is 0.567. The number of aromatic nitrogens is 2. The van der Waals surface area contributed by atoms with Crippen LogP contribution in [0.4, 0.5) is 0 Å². The van der Waals surface area contributed by atoms with E-state index >= 15 is 0 Å². The van der Waals surface area contributed by atoms with E-state index in [0.29, 0.717) is 0 Å². The first-order valence-electron chi connectivity index (χ1n) is 3.78. The number of carbonyl (C=O) groups excluding carboxylic acids is 2. The van der Waals surface area contributed by atoms with Crippen molar-refractivity contribution in [3.8, 4) is 0 Å². The number of carboxylic acid groups (broad SMARTS) is 1. The van der Waals surface area contributed by atoms with E-state index in [1.807, 2.05) is 30.9 Å². The third kappa shape index (κ3) is 4.24. The second kappa shape index (κ2) is 5.74. The van der Waals surface area contributed by atoms with E-state index in [1.54, 1.807) is 0 Å². The smallest absolute Gasteiger partial charge is 0.353 e. The fraction of sp³-hybridized carbons (Fsp3) is 0.375. The van der Waals surface area contributed by atoms with Gasteiger partial charge in [-0.3, -0.25) is 0 Å². The van der Waals surface area contributed by atoms with Gasteiger partial charge in [0.1, 0.15) is 12.4 Å². The SMILES string of the molecule is COC(=O)C(=O)[O-].Cc1[nH]cc[n+]1C. The van der Waals surface area contributed by atoms with Crippen molar-refractivity contribution >= 4 is 11.9 Å². The highest BCUT2D eigenvalue weighted by atomic mass is 16.5. The number of nitrogens with one attached hydrogen (secondary N) is 1. The molecule has 0 aliphatic heterocycles. The molecular weight excluding hydrogens is 188 g/mol. The van der Waals surface area contributed by atoms with Crippen LogP contribution in [0, 0.1) is 6.92 Å². The summed E-state index contributed by atoms with van der Waals surface area (Å²) in [5.74, 6) is -1.98. The third-order valence-electron chi connectivity index (χ3n) is 1.47. The zero-order valence-corrected chi connectivity index (χ0v) is 8.23. The summed E-state index contributed by atoms with van der Waals surface area (Å²) in [6.07, 6.45) is 3.89. The molecular formula is C8H12N2O4. The number of carbonyl (C=O) groups is 2. The predicted octanol–water partition coefficient (Wildman–Crippen LogP) is -1.94. The first kappa shape index (κ1) is 12.2. The quantitative estimate of drug-likeness (QED) is 0.300. The Morgan fingerprint density at radius 3 is 2.21 bits per heavy atom. The third-order valence-corrected chi connectivity index (χ3v) is 1.47. The number of rotatable bonds is 0. The average Bonchev–Trinajstić information content (AvgIpc) is 2.50. The van der Waals surface area contributed by atoms with Crippen molar-refractivity contribution in [3.05, 3.63) is 18.2 Å². The van der Waals surface area contributed by atoms with Crippen molar-refractivity contribution in [3.63, 3.8) is 0 Å². The Hall–Kier alpha value is -1.85. The molecule has 1 aromatic heterocycles. The fourth-order valence-corrected chi connectivity index (χ4v) is 0.567. The molecule has 0 saturated heterocycles. The summed E-state index contributed by atoms with van der Waals surface area (Å²) in [5, 5.41) is 9.34. The van der Waals surface area contributed by atoms with Crippen molar-refractivity contribution in [1.82, 2.24) is 4.98 Å². The van der Waals surface area contributed by atoms with E-state index < -0.39 is 11.9 Å². The summed E-state index contributed by atoms with van der Waals surface area (Å²) in [4.78, 5) is 22.0. The van der Waals surface area contributed by atoms with Gasteiger partial charge in [0.15, 0.2) is 5.97 Å². The van der Waals surface area contributed by atoms with Gasteiger partial charge >= 0.3 is 5.97 Å². The number of aryl methyl sites for hydroxylation is 2. The Morgan fingerprint density at radius 2 is 2.14 bits per heavy atom. The van der Waals surface area contributed by atoms with Gasteiger partial charge in [-0.1, -0.05) is 0 Å². The molecule has 0 aliphatic rings. The van der Waals surface area contributed by atoms with Crippen molar-refractivity contribution in [1.29, 1.82) is 0 Å². The number of aromatic amines is 1. The lowest BCUT2D eigenvalue weighted by atomic mass is 10.7. The molecule has 0 atom stereocenters. The molecule has 14 heavy (non-hydrogen) atoms. The molecule has 0 aliphatic carbocycles. The molecule has 1 heterocycles. The van der Waals surface area contributed by atoms with Gasteiger partial charge in [-0.2, -0.15) is 0 Å². The van der Waals surface area contributed by atoms with Crippen LogP contribution in [0.1, 0.15) is 5.82 Å². The van der Waals surface area contributed by atoms with Gasteiger partial charge in [-0.15, -0.1) is 0 Å². The lowest BCUT2D eigenvalue weighted by Gasteiger charge is -1.94. The zero-order chi connectivity index (χ0) is 11.1. The van der Waals surface area contributed by atoms with E-state index in [1.165, 1.54) is 5.82 Å². The number of ether oxygens (including phenoxy) is 1. The summed E-state index contributed by atoms with van der Waals surface area (Å²) in [5.41, 5.74) is 0. The van der Waals surface area contributed by atoms with Crippen LogP contribution in [0.15, 0.2) is 12.4 Å². The van der Waals surface area contributed by atoms with E-state index in [-0.39, 0.29) is 0 Å². The van der Waals surface area contributed by atoms with E-state index in [9.17, 15) is 14.7 Å². The largest absolute Gasteiger partial charge is 0.539 e. The maximum atomic E-state index is 9.63. The number of H-pyrrole nitrogens is 1. The van der Waals surface area contributed by atoms with Crippen LogP contribution in [0.2, 0.25) is 0 Å². The first-order valence-corrected chi connectivity index (χ1v) is 3.78. The number of imidazole rings is 1. The molecule has 0 radical (unpaired) electrons. The highest BCUT2D eigenvalue weighted by Gasteiger charge is 1.95. The van der Waals surface area contributed by atoms with Crippen molar-refractivity contribution < 1.29 is 24.0 Å². The normalized spacial score (nSPS) is 8.50. The molecule has 6 heteroatoms. The van der Waals surface area contributed by atoms with Crippen LogP contribution in [0.5, 0.6) is 0 Å². The molecule has 1 rings (SSSR count). The van der Waals surface area contributed by atoms with Gasteiger partial charge in [0.05, 0.1) is 14.2 Å². The molecule has 78 valence electrons. The van der Waals surface area contributed by atoms with Crippen molar-refractivity contribution in [2.45, 2.75) is 6.92 Å². The lowest BCUT2D eigenvalue weighted by molar-refractivity contribution is -0.676. The topological polar surface area (TPSA) is 86.1 Å². The predicted molar refractivity (Wildman–Crippen MR) is 43.7 cm³/mol. The van der Waals surface area contributed by atoms with Gasteiger partial charge in [-0.25, -0.2) is 14.3 Å². The summed E-state index contributed by atoms with van der Waals surface area (Å²) in [6.45, 7) is 2.03. The Labute approximate surface area is 81.1 Å². The Balaban J connectivity index is 0.000000241. The molecule has 6 nitrogen and oxygen atoms in total. The Morgan fingerprint density at radius 1 is 1.57 bits per heavy atom. The van der Waals surface area contributed by atoms with Gasteiger partial charge in [0.25, 0.3) is 5.82 Å². The molecule has 0 unspecified atom stereocenters. The van der Waals surface area contributed by atoms with Gasteiger partial charge in [0.2, 0.25) is 0 Å². The minimum absolute atomic E-state index is 0.970. The second-order valence-corrected chi connectivity index (χ2v) is 2.44. The summed E-state index contributed by atoms with van der Waals surface area (Å²) < 4.78 is 5.74. The monoisotopic (exact) mass is 200 g/mol. The highest BCUT2D eigenvalue weighted by Crippen LogP contribution is 1.75. The van der Waals surface area contributed by atoms with Crippen LogP contribution < -0.4 is 9.67 Å². The second-order valence-electron chi connectivity index (χ2n) is 2.44. The highest BCUT2D eigenvalue weighted by molar-refractivity contribution is 6.27. The Bertz CT molecular complexity index is 302. The zero-order valence-electron chi connectivity index (χ0n) is 8.23. The van der Waals surface area contributed by atoms with Crippen LogP contribution in [0.3, 0.4) is 0 Å². The maximum absolute atomic E-state index is 9.63. The Kier molecular flexibility index (Phi) is 4.98. The summed E-state index contributed by atoms with van der Waals surface area (Å²) in [6, 6.07) is 0. The van der Waals surface area contributed by atoms with Crippen molar-refractivity contribution in [2.24, 2.45) is 7.05 Å². The lowest BCUT2D eigenvalue weighted by Crippen LogP contribution is -2.32. The molecule has 0 fully saturated rings. The minimum Gasteiger partial charge on any atom is -0.539 e. The number of carboxylic acids is 1. The van der Waals surface area contributed by atoms with E-state index in [4.69, 9.17) is 0 Å². The number of hydrogen-bond donors (Lipinski definition) is 1. The minimum atomic E-state index is -1.82. The summed E-state index contributed by atoms with van der Waals surface area (Å²) in [7, 11) is 2.98. The van der Waals surface area contributed by atoms with E-state index in [0.717, 1.165) is 7.11 Å². The van der Waals surface area contributed by atoms with Crippen LogP contribution in [-0.2, 0) is 21.4 Å². The van der Waals surface area contributed by atoms with Gasteiger partial charge in [0, 0.05) is 6.92 Å². The number of esters is 1. The summed E-state index contributed by atoms with van der Waals surface area (Å²) >= 11 is 0. The van der Waals surface area contributed by atoms with Crippen molar-refractivity contribution in [2.75, 3.05) is 7.11 Å². The van der Waals surface area contributed by atoms with Gasteiger partial charge in [-0.05, 0) is 0 Å². The molecule has 0 aromatic carbocycles. The van der Waals surface area contributed by atoms with Crippen LogP contribution >= 0.6 is 0 Å². The van der Waals surface area contributed by atoms with Crippen LogP contribution in [-0.4, -0.2) is 24.0 Å². The first-order chi connectivity index (χ1) is 6.49. The maximum Gasteiger partial charge on any atom is 0.353 e. The van der Waals surface area contributed by atoms with Crippen LogP contribution in [0.25, 0.3) is 0 Å². The number of methoxy groups -OCH3 is 1. The number of aliphatic carboxylic acids is 1. The molecule has 0 spiro atoms. The molecule has 0 amide bonds. The standard InChI is InChI=1S/C5H8N2.C3H4O4/c1-5-6-3-4-7(5)2;1-7-3(6)2(4)5/h3-4H,1-2H3;1H3,(H,4,5). The molecule has 0 bridgehead atoms. The van der Waals surface area contributed by atoms with E-state index in [2.05, 4.69) is 9.72 Å². The molecule has 1 aromatic rings. The number of nitrogens with zero attached hydrogens (tertiary/aromatic N) is 1. The number of hydrogen-bond acceptors (Lipinski definition) is 4. The average molecular weight is 200 g/mol.